The summed E-state index contributed by atoms with van der Waals surface area (Å²) < 4.78 is 6.17. The molecule has 0 fully saturated rings. The van der Waals surface area contributed by atoms with Gasteiger partial charge in [-0.2, -0.15) is 0 Å². The van der Waals surface area contributed by atoms with Crippen molar-refractivity contribution in [2.75, 3.05) is 13.2 Å². The highest BCUT2D eigenvalue weighted by Crippen LogP contribution is 2.33. The number of aryl methyl sites for hydroxylation is 1. The van der Waals surface area contributed by atoms with Gasteiger partial charge in [0.05, 0.1) is 18.8 Å². The Morgan fingerprint density at radius 2 is 1.79 bits per heavy atom. The van der Waals surface area contributed by atoms with Gasteiger partial charge in [-0.1, -0.05) is 57.2 Å². The molecule has 2 aromatic rings. The average molecular weight is 377 g/mol. The molecule has 1 aliphatic heterocycles. The van der Waals surface area contributed by atoms with Crippen molar-refractivity contribution in [1.29, 1.82) is 0 Å². The molecule has 28 heavy (non-hydrogen) atoms. The van der Waals surface area contributed by atoms with Crippen LogP contribution >= 0.6 is 0 Å². The summed E-state index contributed by atoms with van der Waals surface area (Å²) >= 11 is 0. The van der Waals surface area contributed by atoms with E-state index in [4.69, 9.17) is 9.72 Å². The van der Waals surface area contributed by atoms with Crippen molar-refractivity contribution in [3.05, 3.63) is 53.9 Å². The molecule has 0 aliphatic carbocycles. The molecule has 0 atom stereocenters. The predicted molar refractivity (Wildman–Crippen MR) is 119 cm³/mol. The van der Waals surface area contributed by atoms with E-state index >= 15 is 0 Å². The Bertz CT molecular complexity index is 834. The molecule has 3 nitrogen and oxygen atoms in total. The number of allylic oxidation sites excluding steroid dienone is 1. The number of aromatic nitrogens is 1. The lowest BCUT2D eigenvalue weighted by molar-refractivity contribution is 0.305. The molecule has 3 heteroatoms. The van der Waals surface area contributed by atoms with E-state index in [1.165, 1.54) is 43.2 Å². The second-order valence-electron chi connectivity index (χ2n) is 7.62. The quantitative estimate of drug-likeness (QED) is 0.435. The van der Waals surface area contributed by atoms with Crippen LogP contribution in [0.4, 0.5) is 0 Å². The van der Waals surface area contributed by atoms with E-state index in [-0.39, 0.29) is 0 Å². The van der Waals surface area contributed by atoms with Gasteiger partial charge in [-0.3, -0.25) is 9.98 Å². The molecule has 0 bridgehead atoms. The topological polar surface area (TPSA) is 34.5 Å². The standard InChI is InChI=1S/C25H32N2O/c1-4-5-6-7-8-9-15-28-24-12-10-11-19(2)25(24)21-13-14-23(27-17-21)22-16-20(3)26-18-22/h10-14,16-17H,4-9,15,18H2,1-3H3. The molecule has 0 amide bonds. The minimum Gasteiger partial charge on any atom is -0.493 e. The second kappa shape index (κ2) is 10.2. The Labute approximate surface area is 169 Å². The summed E-state index contributed by atoms with van der Waals surface area (Å²) in [5, 5.41) is 0. The van der Waals surface area contributed by atoms with Crippen LogP contribution in [0.2, 0.25) is 0 Å². The molecule has 0 radical (unpaired) electrons. The molecule has 0 N–H and O–H groups in total. The van der Waals surface area contributed by atoms with E-state index in [0.717, 1.165) is 47.9 Å². The fraction of sp³-hybridized carbons (Fsp3) is 0.440. The Morgan fingerprint density at radius 1 is 0.964 bits per heavy atom. The molecular weight excluding hydrogens is 344 g/mol. The van der Waals surface area contributed by atoms with Crippen molar-refractivity contribution < 1.29 is 4.74 Å². The van der Waals surface area contributed by atoms with Gasteiger partial charge in [0, 0.05) is 28.6 Å². The van der Waals surface area contributed by atoms with Gasteiger partial charge in [0.25, 0.3) is 0 Å². The van der Waals surface area contributed by atoms with Gasteiger partial charge in [0.2, 0.25) is 0 Å². The van der Waals surface area contributed by atoms with E-state index in [2.05, 4.69) is 55.2 Å². The summed E-state index contributed by atoms with van der Waals surface area (Å²) in [5.41, 5.74) is 6.75. The highest BCUT2D eigenvalue weighted by Gasteiger charge is 2.12. The molecule has 0 spiro atoms. The zero-order valence-electron chi connectivity index (χ0n) is 17.5. The zero-order valence-corrected chi connectivity index (χ0v) is 17.5. The van der Waals surface area contributed by atoms with E-state index < -0.39 is 0 Å². The lowest BCUT2D eigenvalue weighted by Crippen LogP contribution is -2.00. The van der Waals surface area contributed by atoms with E-state index in [9.17, 15) is 0 Å². The van der Waals surface area contributed by atoms with Crippen LogP contribution < -0.4 is 4.74 Å². The predicted octanol–water partition coefficient (Wildman–Crippen LogP) is 6.65. The van der Waals surface area contributed by atoms with E-state index in [0.29, 0.717) is 0 Å². The Morgan fingerprint density at radius 3 is 2.50 bits per heavy atom. The number of aliphatic imine (C=N–C) groups is 1. The number of hydrogen-bond acceptors (Lipinski definition) is 3. The van der Waals surface area contributed by atoms with Crippen molar-refractivity contribution in [1.82, 2.24) is 4.98 Å². The maximum Gasteiger partial charge on any atom is 0.127 e. The first kappa shape index (κ1) is 20.3. The molecule has 1 aromatic carbocycles. The largest absolute Gasteiger partial charge is 0.493 e. The first-order chi connectivity index (χ1) is 13.7. The highest BCUT2D eigenvalue weighted by molar-refractivity contribution is 6.02. The Kier molecular flexibility index (Phi) is 7.41. The van der Waals surface area contributed by atoms with Crippen molar-refractivity contribution in [2.45, 2.75) is 59.3 Å². The smallest absolute Gasteiger partial charge is 0.127 e. The fourth-order valence-electron chi connectivity index (χ4n) is 3.64. The maximum absolute atomic E-state index is 6.17. The number of ether oxygens (including phenoxy) is 1. The number of rotatable bonds is 10. The van der Waals surface area contributed by atoms with E-state index in [1.807, 2.05) is 13.1 Å². The lowest BCUT2D eigenvalue weighted by Gasteiger charge is -2.14. The van der Waals surface area contributed by atoms with Crippen molar-refractivity contribution in [2.24, 2.45) is 4.99 Å². The van der Waals surface area contributed by atoms with Gasteiger partial charge >= 0.3 is 0 Å². The van der Waals surface area contributed by atoms with Crippen molar-refractivity contribution >= 4 is 11.3 Å². The second-order valence-corrected chi connectivity index (χ2v) is 7.62. The van der Waals surface area contributed by atoms with Crippen molar-refractivity contribution in [3.63, 3.8) is 0 Å². The number of hydrogen-bond donors (Lipinski definition) is 0. The third-order valence-corrected chi connectivity index (χ3v) is 5.25. The highest BCUT2D eigenvalue weighted by atomic mass is 16.5. The molecule has 1 aliphatic rings. The van der Waals surface area contributed by atoms with Crippen LogP contribution in [0.25, 0.3) is 16.7 Å². The molecule has 1 aromatic heterocycles. The number of nitrogens with zero attached hydrogens (tertiary/aromatic N) is 2. The number of unbranched alkanes of at least 4 members (excludes halogenated alkanes) is 5. The molecule has 2 heterocycles. The molecule has 3 rings (SSSR count). The summed E-state index contributed by atoms with van der Waals surface area (Å²) in [5.74, 6) is 0.961. The van der Waals surface area contributed by atoms with Gasteiger partial charge in [-0.25, -0.2) is 0 Å². The third-order valence-electron chi connectivity index (χ3n) is 5.25. The Balaban J connectivity index is 1.65. The summed E-state index contributed by atoms with van der Waals surface area (Å²) in [4.78, 5) is 9.13. The minimum absolute atomic E-state index is 0.731. The summed E-state index contributed by atoms with van der Waals surface area (Å²) in [7, 11) is 0. The zero-order chi connectivity index (χ0) is 19.8. The van der Waals surface area contributed by atoms with E-state index in [1.54, 1.807) is 0 Å². The minimum atomic E-state index is 0.731. The summed E-state index contributed by atoms with van der Waals surface area (Å²) in [6, 6.07) is 10.5. The normalized spacial score (nSPS) is 13.4. The third kappa shape index (κ3) is 5.31. The fourth-order valence-corrected chi connectivity index (χ4v) is 3.64. The summed E-state index contributed by atoms with van der Waals surface area (Å²) in [6.45, 7) is 7.93. The monoisotopic (exact) mass is 376 g/mol. The van der Waals surface area contributed by atoms with Gasteiger partial charge in [-0.15, -0.1) is 0 Å². The molecular formula is C25H32N2O. The maximum atomic E-state index is 6.17. The SMILES string of the molecule is CCCCCCCCOc1cccc(C)c1-c1ccc(C2=CC(C)=NC2)nc1. The van der Waals surface area contributed by atoms with Crippen LogP contribution in [-0.4, -0.2) is 23.8 Å². The van der Waals surface area contributed by atoms with Crippen LogP contribution in [0.15, 0.2) is 47.6 Å². The van der Waals surface area contributed by atoms with Crippen LogP contribution in [0.5, 0.6) is 5.75 Å². The van der Waals surface area contributed by atoms with Crippen LogP contribution in [0, 0.1) is 6.92 Å². The van der Waals surface area contributed by atoms with Crippen LogP contribution in [-0.2, 0) is 0 Å². The molecule has 0 saturated heterocycles. The first-order valence-corrected chi connectivity index (χ1v) is 10.6. The van der Waals surface area contributed by atoms with Gasteiger partial charge in [-0.05, 0) is 44.0 Å². The molecule has 0 unspecified atom stereocenters. The van der Waals surface area contributed by atoms with Gasteiger partial charge in [0.15, 0.2) is 0 Å². The molecule has 0 saturated carbocycles. The summed E-state index contributed by atoms with van der Waals surface area (Å²) in [6.07, 6.45) is 11.7. The first-order valence-electron chi connectivity index (χ1n) is 10.6. The average Bonchev–Trinajstić information content (AvgIpc) is 3.14. The van der Waals surface area contributed by atoms with Gasteiger partial charge in [0.1, 0.15) is 5.75 Å². The van der Waals surface area contributed by atoms with Crippen LogP contribution in [0.1, 0.15) is 63.6 Å². The van der Waals surface area contributed by atoms with Crippen LogP contribution in [0.3, 0.4) is 0 Å². The van der Waals surface area contributed by atoms with Crippen molar-refractivity contribution in [3.8, 4) is 16.9 Å². The molecule has 148 valence electrons. The lowest BCUT2D eigenvalue weighted by atomic mass is 10.00. The van der Waals surface area contributed by atoms with Gasteiger partial charge < -0.3 is 4.74 Å². The Hall–Kier alpha value is -2.42. The number of benzene rings is 1. The number of pyridine rings is 1.